The normalized spacial score (nSPS) is 19.5. The van der Waals surface area contributed by atoms with Gasteiger partial charge >= 0.3 is 0 Å². The Balaban J connectivity index is 0.00000512. The van der Waals surface area contributed by atoms with E-state index < -0.39 is 45.9 Å². The van der Waals surface area contributed by atoms with Gasteiger partial charge in [-0.1, -0.05) is 18.2 Å². The van der Waals surface area contributed by atoms with E-state index in [-0.39, 0.29) is 36.8 Å². The number of nitrogens with one attached hydrogen (secondary N) is 3. The number of sulfonamides is 1. The van der Waals surface area contributed by atoms with E-state index in [1.807, 2.05) is 6.26 Å². The van der Waals surface area contributed by atoms with Crippen molar-refractivity contribution < 1.29 is 28.0 Å². The highest BCUT2D eigenvalue weighted by Gasteiger charge is 2.44. The second-order valence-corrected chi connectivity index (χ2v) is 9.86. The van der Waals surface area contributed by atoms with Crippen molar-refractivity contribution in [3.8, 4) is 0 Å². The van der Waals surface area contributed by atoms with Crippen molar-refractivity contribution in [2.45, 2.75) is 35.9 Å². The van der Waals surface area contributed by atoms with E-state index in [0.717, 1.165) is 4.31 Å². The Kier molecular flexibility index (Phi) is 11.4. The van der Waals surface area contributed by atoms with E-state index >= 15 is 0 Å². The smallest absolute Gasteiger partial charge is 0.261 e. The third kappa shape index (κ3) is 7.32. The highest BCUT2D eigenvalue weighted by atomic mass is 35.5. The Morgan fingerprint density at radius 1 is 1.28 bits per heavy atom. The number of benzene rings is 1. The van der Waals surface area contributed by atoms with E-state index in [0.29, 0.717) is 12.2 Å². The molecule has 3 amide bonds. The molecule has 0 saturated carbocycles. The zero-order chi connectivity index (χ0) is 23.0. The van der Waals surface area contributed by atoms with Gasteiger partial charge in [0.1, 0.15) is 6.04 Å². The van der Waals surface area contributed by atoms with Crippen molar-refractivity contribution in [3.63, 3.8) is 0 Å². The van der Waals surface area contributed by atoms with Crippen LogP contribution in [0.2, 0.25) is 0 Å². The summed E-state index contributed by atoms with van der Waals surface area (Å²) in [4.78, 5) is 36.2. The zero-order valence-electron chi connectivity index (χ0n) is 17.4. The molecule has 1 fully saturated rings. The second kappa shape index (κ2) is 13.0. The monoisotopic (exact) mass is 509 g/mol. The molecule has 1 aromatic rings. The van der Waals surface area contributed by atoms with Crippen LogP contribution in [0.1, 0.15) is 12.8 Å². The van der Waals surface area contributed by atoms with Crippen LogP contribution in [0, 0.1) is 0 Å². The van der Waals surface area contributed by atoms with Gasteiger partial charge in [0.05, 0.1) is 17.5 Å². The summed E-state index contributed by atoms with van der Waals surface area (Å²) in [6.45, 7) is -0.493. The number of hydrogen-bond acceptors (Lipinski definition) is 8. The number of hydrogen-bond donors (Lipinski definition) is 5. The summed E-state index contributed by atoms with van der Waals surface area (Å²) in [6.07, 6.45) is 2.33. The first-order valence-corrected chi connectivity index (χ1v) is 12.4. The Hall–Kier alpha value is -1.90. The molecule has 1 heterocycles. The van der Waals surface area contributed by atoms with E-state index in [4.69, 9.17) is 10.9 Å². The molecule has 14 heteroatoms. The summed E-state index contributed by atoms with van der Waals surface area (Å²) < 4.78 is 26.8. The molecule has 180 valence electrons. The first-order valence-electron chi connectivity index (χ1n) is 9.53. The quantitative estimate of drug-likeness (QED) is 0.198. The van der Waals surface area contributed by atoms with Crippen molar-refractivity contribution in [1.29, 1.82) is 0 Å². The van der Waals surface area contributed by atoms with Crippen molar-refractivity contribution in [1.82, 2.24) is 20.4 Å². The summed E-state index contributed by atoms with van der Waals surface area (Å²) in [5.41, 5.74) is 7.22. The van der Waals surface area contributed by atoms with Gasteiger partial charge in [-0.2, -0.15) is 16.1 Å². The maximum absolute atomic E-state index is 13.0. The van der Waals surface area contributed by atoms with Crippen LogP contribution < -0.4 is 21.8 Å². The number of thioether (sulfide) groups is 1. The maximum atomic E-state index is 13.0. The summed E-state index contributed by atoms with van der Waals surface area (Å²) in [5, 5.41) is 14.1. The van der Waals surface area contributed by atoms with E-state index in [2.05, 4.69) is 10.6 Å². The molecule has 1 aliphatic heterocycles. The van der Waals surface area contributed by atoms with Crippen molar-refractivity contribution in [2.75, 3.05) is 25.1 Å². The molecule has 6 N–H and O–H groups in total. The van der Waals surface area contributed by atoms with E-state index in [1.54, 1.807) is 30.0 Å². The summed E-state index contributed by atoms with van der Waals surface area (Å²) >= 11 is 1.55. The highest BCUT2D eigenvalue weighted by Crippen LogP contribution is 2.26. The molecule has 2 rings (SSSR count). The fourth-order valence-corrected chi connectivity index (χ4v) is 5.32. The third-order valence-corrected chi connectivity index (χ3v) is 7.31. The molecular weight excluding hydrogens is 482 g/mol. The van der Waals surface area contributed by atoms with Gasteiger partial charge in [0.2, 0.25) is 21.8 Å². The first-order chi connectivity index (χ1) is 14.7. The second-order valence-electron chi connectivity index (χ2n) is 6.99. The molecule has 0 unspecified atom stereocenters. The molecule has 1 saturated heterocycles. The van der Waals surface area contributed by atoms with Crippen LogP contribution in [0.25, 0.3) is 0 Å². The molecule has 0 aromatic heterocycles. The molecular formula is C18H28ClN5O6S2. The van der Waals surface area contributed by atoms with Gasteiger partial charge in [0, 0.05) is 12.6 Å². The van der Waals surface area contributed by atoms with Crippen molar-refractivity contribution in [2.24, 2.45) is 5.73 Å². The summed E-state index contributed by atoms with van der Waals surface area (Å²) in [6, 6.07) is 4.94. The number of halogens is 1. The average molecular weight is 510 g/mol. The lowest BCUT2D eigenvalue weighted by Gasteiger charge is -2.22. The molecule has 0 bridgehead atoms. The van der Waals surface area contributed by atoms with Crippen LogP contribution in [0.5, 0.6) is 0 Å². The number of amides is 3. The van der Waals surface area contributed by atoms with Crippen LogP contribution in [0.15, 0.2) is 35.2 Å². The molecule has 1 aromatic carbocycles. The van der Waals surface area contributed by atoms with Crippen LogP contribution >= 0.6 is 24.2 Å². The van der Waals surface area contributed by atoms with E-state index in [9.17, 15) is 22.8 Å². The third-order valence-electron chi connectivity index (χ3n) is 4.78. The topological polar surface area (TPSA) is 171 Å². The van der Waals surface area contributed by atoms with Gasteiger partial charge in [0.25, 0.3) is 5.91 Å². The van der Waals surface area contributed by atoms with Gasteiger partial charge in [-0.15, -0.1) is 12.4 Å². The Bertz CT molecular complexity index is 889. The van der Waals surface area contributed by atoms with Gasteiger partial charge < -0.3 is 16.4 Å². The minimum atomic E-state index is -4.04. The predicted molar refractivity (Wildman–Crippen MR) is 122 cm³/mol. The van der Waals surface area contributed by atoms with E-state index in [1.165, 1.54) is 17.6 Å². The molecule has 0 spiro atoms. The van der Waals surface area contributed by atoms with Crippen LogP contribution in [0.3, 0.4) is 0 Å². The van der Waals surface area contributed by atoms with Crippen molar-refractivity contribution in [3.05, 3.63) is 30.3 Å². The first kappa shape index (κ1) is 28.1. The number of carbonyl (C=O) groups is 3. The Labute approximate surface area is 197 Å². The van der Waals surface area contributed by atoms with Gasteiger partial charge in [-0.25, -0.2) is 13.9 Å². The summed E-state index contributed by atoms with van der Waals surface area (Å²) in [5.74, 6) is -1.19. The standard InChI is InChI=1S/C18H27N5O6S2.ClH/c1-30-8-7-14(19)17(25)20-10-16(24)21-12-9-15(18(26)22-27)23(11-12)31(28,29)13-5-3-2-4-6-13;/h2-6,12,14-15,27H,7-11,19H2,1H3,(H,20,25)(H,21,24)(H,22,26);1H/t12-,14-,15-;/m0./s1. The lowest BCUT2D eigenvalue weighted by atomic mass is 10.1. The highest BCUT2D eigenvalue weighted by molar-refractivity contribution is 7.98. The minimum Gasteiger partial charge on any atom is -0.350 e. The lowest BCUT2D eigenvalue weighted by Crippen LogP contribution is -2.47. The van der Waals surface area contributed by atoms with Crippen molar-refractivity contribution >= 4 is 51.9 Å². The Morgan fingerprint density at radius 2 is 1.94 bits per heavy atom. The van der Waals surface area contributed by atoms with Crippen LogP contribution in [0.4, 0.5) is 0 Å². The van der Waals surface area contributed by atoms with Crippen LogP contribution in [-0.4, -0.2) is 78.9 Å². The summed E-state index contributed by atoms with van der Waals surface area (Å²) in [7, 11) is -4.04. The van der Waals surface area contributed by atoms with Gasteiger partial charge in [0.15, 0.2) is 0 Å². The number of rotatable bonds is 10. The number of carbonyl (C=O) groups excluding carboxylic acids is 3. The number of hydroxylamine groups is 1. The molecule has 32 heavy (non-hydrogen) atoms. The molecule has 11 nitrogen and oxygen atoms in total. The molecule has 0 aliphatic carbocycles. The van der Waals surface area contributed by atoms with Gasteiger partial charge in [-0.05, 0) is 37.0 Å². The van der Waals surface area contributed by atoms with Gasteiger partial charge in [-0.3, -0.25) is 19.6 Å². The largest absolute Gasteiger partial charge is 0.350 e. The number of nitrogens with zero attached hydrogens (tertiary/aromatic N) is 1. The molecule has 3 atom stereocenters. The fraction of sp³-hybridized carbons (Fsp3) is 0.500. The number of nitrogens with two attached hydrogens (primary N) is 1. The average Bonchev–Trinajstić information content (AvgIpc) is 3.20. The fourth-order valence-electron chi connectivity index (χ4n) is 3.17. The SMILES string of the molecule is CSCC[C@H](N)C(=O)NCC(=O)N[C@H]1C[C@@H](C(=O)NO)N(S(=O)(=O)c2ccccc2)C1.Cl. The molecule has 1 aliphatic rings. The molecule has 0 radical (unpaired) electrons. The lowest BCUT2D eigenvalue weighted by molar-refractivity contribution is -0.132. The maximum Gasteiger partial charge on any atom is 0.261 e. The van der Waals surface area contributed by atoms with Crippen LogP contribution in [-0.2, 0) is 24.4 Å². The predicted octanol–water partition coefficient (Wildman–Crippen LogP) is -0.942. The Morgan fingerprint density at radius 3 is 2.53 bits per heavy atom. The minimum absolute atomic E-state index is 0. The zero-order valence-corrected chi connectivity index (χ0v) is 19.8.